The van der Waals surface area contributed by atoms with Gasteiger partial charge in [-0.15, -0.1) is 0 Å². The van der Waals surface area contributed by atoms with Crippen molar-refractivity contribution >= 4 is 41.2 Å². The van der Waals surface area contributed by atoms with Crippen LogP contribution in [0.1, 0.15) is 23.9 Å². The Hall–Kier alpha value is -4.27. The predicted molar refractivity (Wildman–Crippen MR) is 148 cm³/mol. The number of nitrogen functional groups attached to an aromatic ring is 1. The van der Waals surface area contributed by atoms with Crippen LogP contribution in [0.15, 0.2) is 53.7 Å². The van der Waals surface area contributed by atoms with Crippen molar-refractivity contribution in [2.45, 2.75) is 17.8 Å². The second kappa shape index (κ2) is 12.3. The van der Waals surface area contributed by atoms with Gasteiger partial charge in [-0.3, -0.25) is 14.6 Å². The van der Waals surface area contributed by atoms with E-state index in [1.807, 2.05) is 23.1 Å². The molecule has 0 radical (unpaired) electrons. The lowest BCUT2D eigenvalue weighted by atomic mass is 10.1. The van der Waals surface area contributed by atoms with E-state index in [1.54, 1.807) is 36.4 Å². The molecular formula is C27H28N8O2S. The highest BCUT2D eigenvalue weighted by molar-refractivity contribution is 7.98. The number of nitriles is 1. The molecule has 0 spiro atoms. The third-order valence-corrected chi connectivity index (χ3v) is 6.78. The summed E-state index contributed by atoms with van der Waals surface area (Å²) < 4.78 is 0. The number of amides is 2. The summed E-state index contributed by atoms with van der Waals surface area (Å²) in [6, 6.07) is 14.7. The molecule has 0 atom stereocenters. The first kappa shape index (κ1) is 26.8. The molecule has 1 aliphatic heterocycles. The molecule has 4 rings (SSSR count). The standard InChI is InChI=1S/C27H28N8O2S/c1-18(36)30-21-8-6-19(7-9-21)25-23(16-28)26(29)33-27(32-25)38-17-22-5-3-4-20(31-22)10-11-24(37)35-14-12-34(2)13-15-35/h3-11H,12-15,17H2,1-2H3,(H,30,36)(H2,29,32,33). The zero-order valence-electron chi connectivity index (χ0n) is 21.2. The molecule has 1 fully saturated rings. The van der Waals surface area contributed by atoms with E-state index in [1.165, 1.54) is 18.7 Å². The maximum absolute atomic E-state index is 12.5. The van der Waals surface area contributed by atoms with Crippen molar-refractivity contribution in [1.82, 2.24) is 24.8 Å². The normalized spacial score (nSPS) is 13.9. The lowest BCUT2D eigenvalue weighted by molar-refractivity contribution is -0.127. The van der Waals surface area contributed by atoms with Crippen LogP contribution in [0.4, 0.5) is 11.5 Å². The Morgan fingerprint density at radius 3 is 2.53 bits per heavy atom. The topological polar surface area (TPSA) is 141 Å². The molecule has 1 aromatic carbocycles. The number of piperazine rings is 1. The summed E-state index contributed by atoms with van der Waals surface area (Å²) in [6.45, 7) is 4.62. The van der Waals surface area contributed by atoms with E-state index in [9.17, 15) is 14.9 Å². The lowest BCUT2D eigenvalue weighted by Gasteiger charge is -2.31. The van der Waals surface area contributed by atoms with E-state index >= 15 is 0 Å². The molecule has 1 aliphatic rings. The Balaban J connectivity index is 1.45. The van der Waals surface area contributed by atoms with Crippen LogP contribution in [0.25, 0.3) is 17.3 Å². The fourth-order valence-corrected chi connectivity index (χ4v) is 4.61. The zero-order valence-corrected chi connectivity index (χ0v) is 22.0. The summed E-state index contributed by atoms with van der Waals surface area (Å²) >= 11 is 1.35. The number of carbonyl (C=O) groups is 2. The quantitative estimate of drug-likeness (QED) is 0.269. The van der Waals surface area contributed by atoms with Crippen molar-refractivity contribution in [3.8, 4) is 17.3 Å². The number of nitrogens with one attached hydrogen (secondary N) is 1. The van der Waals surface area contributed by atoms with Gasteiger partial charge in [0, 0.05) is 56.2 Å². The van der Waals surface area contributed by atoms with Gasteiger partial charge in [0.05, 0.1) is 17.1 Å². The first-order valence-corrected chi connectivity index (χ1v) is 13.0. The molecule has 3 heterocycles. The average molecular weight is 529 g/mol. The Morgan fingerprint density at radius 2 is 1.84 bits per heavy atom. The Kier molecular flexibility index (Phi) is 8.68. The van der Waals surface area contributed by atoms with Gasteiger partial charge in [-0.25, -0.2) is 9.97 Å². The van der Waals surface area contributed by atoms with E-state index in [0.717, 1.165) is 31.9 Å². The predicted octanol–water partition coefficient (Wildman–Crippen LogP) is 3.03. The van der Waals surface area contributed by atoms with Crippen molar-refractivity contribution in [3.63, 3.8) is 0 Å². The van der Waals surface area contributed by atoms with Crippen molar-refractivity contribution in [2.24, 2.45) is 0 Å². The van der Waals surface area contributed by atoms with Crippen molar-refractivity contribution in [2.75, 3.05) is 44.3 Å². The van der Waals surface area contributed by atoms with Gasteiger partial charge in [0.2, 0.25) is 11.8 Å². The van der Waals surface area contributed by atoms with Gasteiger partial charge in [-0.05, 0) is 37.4 Å². The van der Waals surface area contributed by atoms with Crippen LogP contribution in [0, 0.1) is 11.3 Å². The highest BCUT2D eigenvalue weighted by Crippen LogP contribution is 2.29. The summed E-state index contributed by atoms with van der Waals surface area (Å²) in [6.07, 6.45) is 3.30. The number of likely N-dealkylation sites (N-methyl/N-ethyl adjacent to an activating group) is 1. The third kappa shape index (κ3) is 6.94. The number of pyridine rings is 1. The number of carbonyl (C=O) groups excluding carboxylic acids is 2. The number of hydrogen-bond donors (Lipinski definition) is 2. The van der Waals surface area contributed by atoms with E-state index in [0.29, 0.717) is 33.5 Å². The molecule has 0 aliphatic carbocycles. The third-order valence-electron chi connectivity index (χ3n) is 5.90. The average Bonchev–Trinajstić information content (AvgIpc) is 2.91. The maximum Gasteiger partial charge on any atom is 0.246 e. The van der Waals surface area contributed by atoms with Gasteiger partial charge in [0.15, 0.2) is 5.16 Å². The monoisotopic (exact) mass is 528 g/mol. The van der Waals surface area contributed by atoms with Crippen molar-refractivity contribution in [1.29, 1.82) is 5.26 Å². The number of rotatable bonds is 7. The molecule has 10 nitrogen and oxygen atoms in total. The molecular weight excluding hydrogens is 500 g/mol. The van der Waals surface area contributed by atoms with Gasteiger partial charge in [-0.2, -0.15) is 5.26 Å². The van der Waals surface area contributed by atoms with Crippen LogP contribution < -0.4 is 11.1 Å². The Morgan fingerprint density at radius 1 is 1.11 bits per heavy atom. The zero-order chi connectivity index (χ0) is 27.1. The van der Waals surface area contributed by atoms with E-state index in [2.05, 4.69) is 38.3 Å². The van der Waals surface area contributed by atoms with Gasteiger partial charge >= 0.3 is 0 Å². The first-order chi connectivity index (χ1) is 18.3. The molecule has 0 unspecified atom stereocenters. The van der Waals surface area contributed by atoms with Crippen LogP contribution in [0.3, 0.4) is 0 Å². The summed E-state index contributed by atoms with van der Waals surface area (Å²) in [4.78, 5) is 41.3. The van der Waals surface area contributed by atoms with Gasteiger partial charge < -0.3 is 20.9 Å². The highest BCUT2D eigenvalue weighted by atomic mass is 32.2. The van der Waals surface area contributed by atoms with Crippen molar-refractivity contribution < 1.29 is 9.59 Å². The number of aromatic nitrogens is 3. The minimum atomic E-state index is -0.171. The first-order valence-electron chi connectivity index (χ1n) is 12.0. The SMILES string of the molecule is CC(=O)Nc1ccc(-c2nc(SCc3cccc(C=CC(=O)N4CCN(C)CC4)n3)nc(N)c2C#N)cc1. The molecule has 0 saturated carbocycles. The van der Waals surface area contributed by atoms with Crippen molar-refractivity contribution in [3.05, 3.63) is 65.5 Å². The Labute approximate surface area is 225 Å². The van der Waals surface area contributed by atoms with E-state index < -0.39 is 0 Å². The minimum Gasteiger partial charge on any atom is -0.382 e. The molecule has 2 aromatic heterocycles. The molecule has 1 saturated heterocycles. The van der Waals surface area contributed by atoms with Gasteiger partial charge in [0.25, 0.3) is 0 Å². The highest BCUT2D eigenvalue weighted by Gasteiger charge is 2.17. The van der Waals surface area contributed by atoms with Crippen LogP contribution in [-0.2, 0) is 15.3 Å². The lowest BCUT2D eigenvalue weighted by Crippen LogP contribution is -2.46. The number of nitrogens with two attached hydrogens (primary N) is 1. The maximum atomic E-state index is 12.5. The molecule has 194 valence electrons. The van der Waals surface area contributed by atoms with E-state index in [4.69, 9.17) is 5.73 Å². The second-order valence-electron chi connectivity index (χ2n) is 8.79. The number of thioether (sulfide) groups is 1. The number of nitrogens with zero attached hydrogens (tertiary/aromatic N) is 6. The molecule has 2 amide bonds. The summed E-state index contributed by atoms with van der Waals surface area (Å²) in [5, 5.41) is 12.8. The second-order valence-corrected chi connectivity index (χ2v) is 9.73. The molecule has 3 N–H and O–H groups in total. The smallest absolute Gasteiger partial charge is 0.246 e. The fraction of sp³-hybridized carbons (Fsp3) is 0.259. The summed E-state index contributed by atoms with van der Waals surface area (Å²) in [5.41, 5.74) is 9.50. The summed E-state index contributed by atoms with van der Waals surface area (Å²) in [7, 11) is 2.05. The fourth-order valence-electron chi connectivity index (χ4n) is 3.85. The Bertz CT molecular complexity index is 1390. The van der Waals surface area contributed by atoms with Crippen LogP contribution in [0.5, 0.6) is 0 Å². The van der Waals surface area contributed by atoms with Crippen LogP contribution >= 0.6 is 11.8 Å². The number of benzene rings is 1. The molecule has 11 heteroatoms. The molecule has 38 heavy (non-hydrogen) atoms. The number of anilines is 2. The molecule has 0 bridgehead atoms. The summed E-state index contributed by atoms with van der Waals surface area (Å²) in [5.74, 6) is 0.382. The molecule has 3 aromatic rings. The van der Waals surface area contributed by atoms with Crippen LogP contribution in [0.2, 0.25) is 0 Å². The largest absolute Gasteiger partial charge is 0.382 e. The van der Waals surface area contributed by atoms with Gasteiger partial charge in [0.1, 0.15) is 17.5 Å². The van der Waals surface area contributed by atoms with Gasteiger partial charge in [-0.1, -0.05) is 30.0 Å². The van der Waals surface area contributed by atoms with Crippen LogP contribution in [-0.4, -0.2) is 69.8 Å². The number of hydrogen-bond acceptors (Lipinski definition) is 9. The van der Waals surface area contributed by atoms with E-state index in [-0.39, 0.29) is 23.2 Å². The minimum absolute atomic E-state index is 0.0150.